The molecule has 0 spiro atoms. The fourth-order valence-electron chi connectivity index (χ4n) is 5.41. The number of nitrogens with zero attached hydrogens (tertiary/aromatic N) is 2. The molecular weight excluding hydrogens is 664 g/mol. The number of sulfonamides is 1. The number of nitrogens with one attached hydrogen (secondary N) is 1. The van der Waals surface area contributed by atoms with Gasteiger partial charge in [0.25, 0.3) is 0 Å². The third kappa shape index (κ3) is 9.51. The third-order valence-corrected chi connectivity index (χ3v) is 9.98. The maximum absolute atomic E-state index is 14.0. The van der Waals surface area contributed by atoms with Crippen LogP contribution in [0, 0.1) is 0 Å². The quantitative estimate of drug-likeness (QED) is 0.200. The van der Waals surface area contributed by atoms with Crippen LogP contribution in [0.3, 0.4) is 0 Å². The van der Waals surface area contributed by atoms with Crippen molar-refractivity contribution in [2.24, 2.45) is 0 Å². The molecule has 0 aliphatic heterocycles. The van der Waals surface area contributed by atoms with Crippen LogP contribution in [-0.4, -0.2) is 50.0 Å². The molecule has 1 aliphatic carbocycles. The van der Waals surface area contributed by atoms with Crippen LogP contribution in [0.5, 0.6) is 0 Å². The standard InChI is InChI=1S/C32H35Cl4N3O4S/c1-44(42,43)39(29-20-25(34)15-16-27(29)35)17-7-12-31(40)38(21-23-13-14-24(33)19-28(23)36)30(18-22-8-3-2-4-9-22)32(41)37-26-10-5-6-11-26/h2-4,8-9,13-16,19-20,26,30H,5-7,10-12,17-18,21H2,1H3,(H,37,41)/t30-/m1/s1. The van der Waals surface area contributed by atoms with E-state index in [1.807, 2.05) is 30.3 Å². The number of hydrogen-bond donors (Lipinski definition) is 1. The van der Waals surface area contributed by atoms with Crippen molar-refractivity contribution in [3.05, 3.63) is 97.9 Å². The molecular formula is C32H35Cl4N3O4S. The van der Waals surface area contributed by atoms with Gasteiger partial charge < -0.3 is 10.2 Å². The molecule has 1 N–H and O–H groups in total. The van der Waals surface area contributed by atoms with Crippen molar-refractivity contribution in [3.63, 3.8) is 0 Å². The third-order valence-electron chi connectivity index (χ3n) is 7.66. The van der Waals surface area contributed by atoms with E-state index < -0.39 is 16.1 Å². The van der Waals surface area contributed by atoms with Crippen LogP contribution in [0.2, 0.25) is 20.1 Å². The van der Waals surface area contributed by atoms with Crippen LogP contribution in [0.1, 0.15) is 49.7 Å². The first kappa shape index (κ1) is 34.4. The van der Waals surface area contributed by atoms with Gasteiger partial charge in [0.2, 0.25) is 21.8 Å². The van der Waals surface area contributed by atoms with E-state index in [1.165, 1.54) is 12.1 Å². The number of amides is 2. The molecule has 12 heteroatoms. The summed E-state index contributed by atoms with van der Waals surface area (Å²) in [5.74, 6) is -0.549. The van der Waals surface area contributed by atoms with Crippen LogP contribution < -0.4 is 9.62 Å². The lowest BCUT2D eigenvalue weighted by atomic mass is 10.0. The number of benzene rings is 3. The lowest BCUT2D eigenvalue weighted by Gasteiger charge is -2.33. The molecule has 236 valence electrons. The Kier molecular flexibility index (Phi) is 12.3. The molecule has 0 heterocycles. The summed E-state index contributed by atoms with van der Waals surface area (Å²) < 4.78 is 26.6. The minimum atomic E-state index is -3.75. The van der Waals surface area contributed by atoms with Crippen LogP contribution >= 0.6 is 46.4 Å². The molecule has 1 aliphatic rings. The predicted octanol–water partition coefficient (Wildman–Crippen LogP) is 7.55. The Hall–Kier alpha value is -2.49. The van der Waals surface area contributed by atoms with Crippen molar-refractivity contribution >= 4 is 73.9 Å². The second-order valence-electron chi connectivity index (χ2n) is 11.0. The van der Waals surface area contributed by atoms with Gasteiger partial charge in [0.05, 0.1) is 17.0 Å². The van der Waals surface area contributed by atoms with Gasteiger partial charge in [-0.25, -0.2) is 8.42 Å². The Balaban J connectivity index is 1.62. The minimum Gasteiger partial charge on any atom is -0.352 e. The summed E-state index contributed by atoms with van der Waals surface area (Å²) in [6.45, 7) is 0.0537. The molecule has 1 fully saturated rings. The number of rotatable bonds is 13. The lowest BCUT2D eigenvalue weighted by molar-refractivity contribution is -0.141. The summed E-state index contributed by atoms with van der Waals surface area (Å²) in [6, 6.07) is 18.4. The average Bonchev–Trinajstić information content (AvgIpc) is 3.48. The Labute approximate surface area is 279 Å². The van der Waals surface area contributed by atoms with Crippen molar-refractivity contribution in [2.75, 3.05) is 17.1 Å². The molecule has 7 nitrogen and oxygen atoms in total. The molecule has 0 radical (unpaired) electrons. The number of carbonyl (C=O) groups excluding carboxylic acids is 2. The summed E-state index contributed by atoms with van der Waals surface area (Å²) in [7, 11) is -3.75. The van der Waals surface area contributed by atoms with E-state index in [0.29, 0.717) is 27.1 Å². The largest absolute Gasteiger partial charge is 0.352 e. The van der Waals surface area contributed by atoms with E-state index in [1.54, 1.807) is 29.2 Å². The van der Waals surface area contributed by atoms with Gasteiger partial charge in [0.1, 0.15) is 6.04 Å². The summed E-state index contributed by atoms with van der Waals surface area (Å²) in [5.41, 5.74) is 1.77. The second-order valence-corrected chi connectivity index (χ2v) is 14.6. The Morgan fingerprint density at radius 1 is 0.909 bits per heavy atom. The SMILES string of the molecule is CS(=O)(=O)N(CCCC(=O)N(Cc1ccc(Cl)cc1Cl)[C@H](Cc1ccccc1)C(=O)NC1CCCC1)c1cc(Cl)ccc1Cl. The van der Waals surface area contributed by atoms with E-state index >= 15 is 0 Å². The fourth-order valence-corrected chi connectivity index (χ4v) is 7.29. The molecule has 0 aromatic heterocycles. The zero-order valence-electron chi connectivity index (χ0n) is 24.3. The van der Waals surface area contributed by atoms with E-state index in [2.05, 4.69) is 5.32 Å². The number of anilines is 1. The fraction of sp³-hybridized carbons (Fsp3) is 0.375. The van der Waals surface area contributed by atoms with Gasteiger partial charge in [-0.1, -0.05) is 95.6 Å². The monoisotopic (exact) mass is 697 g/mol. The highest BCUT2D eigenvalue weighted by atomic mass is 35.5. The van der Waals surface area contributed by atoms with Gasteiger partial charge in [0.15, 0.2) is 0 Å². The number of carbonyl (C=O) groups is 2. The van der Waals surface area contributed by atoms with Gasteiger partial charge in [0, 0.05) is 47.0 Å². The molecule has 1 atom stereocenters. The Bertz CT molecular complexity index is 1570. The molecule has 0 saturated heterocycles. The molecule has 3 aromatic carbocycles. The zero-order chi connectivity index (χ0) is 31.9. The van der Waals surface area contributed by atoms with Gasteiger partial charge in [-0.2, -0.15) is 0 Å². The van der Waals surface area contributed by atoms with Gasteiger partial charge in [-0.05, 0) is 60.7 Å². The topological polar surface area (TPSA) is 86.8 Å². The van der Waals surface area contributed by atoms with Crippen LogP contribution in [0.4, 0.5) is 5.69 Å². The highest BCUT2D eigenvalue weighted by Gasteiger charge is 2.32. The maximum Gasteiger partial charge on any atom is 0.243 e. The van der Waals surface area contributed by atoms with Gasteiger partial charge in [-0.3, -0.25) is 13.9 Å². The number of hydrogen-bond acceptors (Lipinski definition) is 4. The van der Waals surface area contributed by atoms with Crippen LogP contribution in [-0.2, 0) is 32.6 Å². The first-order valence-corrected chi connectivity index (χ1v) is 17.8. The van der Waals surface area contributed by atoms with Crippen LogP contribution in [0.15, 0.2) is 66.7 Å². The molecule has 4 rings (SSSR count). The van der Waals surface area contributed by atoms with Crippen molar-refractivity contribution in [1.82, 2.24) is 10.2 Å². The summed E-state index contributed by atoms with van der Waals surface area (Å²) in [5, 5.41) is 4.55. The predicted molar refractivity (Wildman–Crippen MR) is 179 cm³/mol. The highest BCUT2D eigenvalue weighted by molar-refractivity contribution is 7.92. The van der Waals surface area contributed by atoms with Crippen LogP contribution in [0.25, 0.3) is 0 Å². The molecule has 44 heavy (non-hydrogen) atoms. The lowest BCUT2D eigenvalue weighted by Crippen LogP contribution is -2.52. The first-order chi connectivity index (χ1) is 20.9. The molecule has 0 bridgehead atoms. The average molecular weight is 700 g/mol. The first-order valence-electron chi connectivity index (χ1n) is 14.4. The van der Waals surface area contributed by atoms with E-state index in [9.17, 15) is 18.0 Å². The smallest absolute Gasteiger partial charge is 0.243 e. The second kappa shape index (κ2) is 15.7. The van der Waals surface area contributed by atoms with Crippen molar-refractivity contribution in [2.45, 2.75) is 63.6 Å². The highest BCUT2D eigenvalue weighted by Crippen LogP contribution is 2.31. The molecule has 1 saturated carbocycles. The Morgan fingerprint density at radius 3 is 2.23 bits per heavy atom. The van der Waals surface area contributed by atoms with Crippen molar-refractivity contribution in [1.29, 1.82) is 0 Å². The van der Waals surface area contributed by atoms with Gasteiger partial charge in [-0.15, -0.1) is 0 Å². The molecule has 2 amide bonds. The normalized spacial score (nSPS) is 14.3. The minimum absolute atomic E-state index is 0.0161. The summed E-state index contributed by atoms with van der Waals surface area (Å²) >= 11 is 25.1. The van der Waals surface area contributed by atoms with E-state index in [0.717, 1.165) is 41.8 Å². The summed E-state index contributed by atoms with van der Waals surface area (Å²) in [6.07, 6.45) is 5.39. The number of halogens is 4. The summed E-state index contributed by atoms with van der Waals surface area (Å²) in [4.78, 5) is 29.5. The van der Waals surface area contributed by atoms with Crippen molar-refractivity contribution in [3.8, 4) is 0 Å². The Morgan fingerprint density at radius 2 is 1.57 bits per heavy atom. The van der Waals surface area contributed by atoms with E-state index in [4.69, 9.17) is 46.4 Å². The van der Waals surface area contributed by atoms with Crippen molar-refractivity contribution < 1.29 is 18.0 Å². The molecule has 0 unspecified atom stereocenters. The zero-order valence-corrected chi connectivity index (χ0v) is 28.2. The van der Waals surface area contributed by atoms with Gasteiger partial charge >= 0.3 is 0 Å². The van der Waals surface area contributed by atoms with E-state index in [-0.39, 0.29) is 54.5 Å². The molecule has 3 aromatic rings. The maximum atomic E-state index is 14.0.